The van der Waals surface area contributed by atoms with Crippen LogP contribution in [0.15, 0.2) is 84.9 Å². The average Bonchev–Trinajstić information content (AvgIpc) is 2.66. The Labute approximate surface area is 148 Å². The fraction of sp³-hybridized carbons (Fsp3) is 0.136. The van der Waals surface area contributed by atoms with Crippen LogP contribution in [0.3, 0.4) is 0 Å². The SMILES string of the molecule is Nc1cccc(CNC(=O)C(Cc2ccccc2)c2ccccc2)c1. The normalized spacial score (nSPS) is 11.7. The molecule has 0 saturated heterocycles. The van der Waals surface area contributed by atoms with E-state index >= 15 is 0 Å². The summed E-state index contributed by atoms with van der Waals surface area (Å²) in [6.07, 6.45) is 0.674. The van der Waals surface area contributed by atoms with Crippen LogP contribution in [-0.4, -0.2) is 5.91 Å². The molecule has 1 atom stereocenters. The molecule has 3 nitrogen and oxygen atoms in total. The molecule has 0 heterocycles. The van der Waals surface area contributed by atoms with Crippen LogP contribution in [0.2, 0.25) is 0 Å². The molecule has 3 rings (SSSR count). The molecular formula is C22H22N2O. The van der Waals surface area contributed by atoms with Gasteiger partial charge in [-0.25, -0.2) is 0 Å². The standard InChI is InChI=1S/C22H22N2O/c23-20-13-7-10-18(14-20)16-24-22(25)21(19-11-5-2-6-12-19)15-17-8-3-1-4-9-17/h1-14,21H,15-16,23H2,(H,24,25). The minimum absolute atomic E-state index is 0.0254. The van der Waals surface area contributed by atoms with Crippen molar-refractivity contribution in [2.75, 3.05) is 5.73 Å². The maximum atomic E-state index is 12.9. The number of carbonyl (C=O) groups excluding carboxylic acids is 1. The number of hydrogen-bond donors (Lipinski definition) is 2. The molecule has 0 bridgehead atoms. The van der Waals surface area contributed by atoms with Crippen molar-refractivity contribution in [1.82, 2.24) is 5.32 Å². The Hall–Kier alpha value is -3.07. The zero-order chi connectivity index (χ0) is 17.5. The molecule has 0 fully saturated rings. The number of nitrogen functional groups attached to an aromatic ring is 1. The highest BCUT2D eigenvalue weighted by molar-refractivity contribution is 5.84. The lowest BCUT2D eigenvalue weighted by Crippen LogP contribution is -2.30. The fourth-order valence-corrected chi connectivity index (χ4v) is 2.91. The van der Waals surface area contributed by atoms with Crippen molar-refractivity contribution in [3.8, 4) is 0 Å². The number of benzene rings is 3. The minimum Gasteiger partial charge on any atom is -0.399 e. The highest BCUT2D eigenvalue weighted by Crippen LogP contribution is 2.21. The molecule has 0 aliphatic heterocycles. The Bertz CT molecular complexity index is 816. The van der Waals surface area contributed by atoms with Crippen LogP contribution >= 0.6 is 0 Å². The number of nitrogens with one attached hydrogen (secondary N) is 1. The van der Waals surface area contributed by atoms with Crippen molar-refractivity contribution in [3.05, 3.63) is 102 Å². The molecular weight excluding hydrogens is 308 g/mol. The predicted molar refractivity (Wildman–Crippen MR) is 102 cm³/mol. The fourth-order valence-electron chi connectivity index (χ4n) is 2.91. The van der Waals surface area contributed by atoms with Gasteiger partial charge in [0, 0.05) is 12.2 Å². The van der Waals surface area contributed by atoms with Crippen LogP contribution in [0.1, 0.15) is 22.6 Å². The lowest BCUT2D eigenvalue weighted by molar-refractivity contribution is -0.122. The van der Waals surface area contributed by atoms with E-state index in [-0.39, 0.29) is 11.8 Å². The van der Waals surface area contributed by atoms with Crippen LogP contribution in [0.25, 0.3) is 0 Å². The first-order valence-corrected chi connectivity index (χ1v) is 8.43. The van der Waals surface area contributed by atoms with Gasteiger partial charge in [-0.1, -0.05) is 72.8 Å². The molecule has 3 aromatic rings. The van der Waals surface area contributed by atoms with Crippen LogP contribution in [0.5, 0.6) is 0 Å². The van der Waals surface area contributed by atoms with Gasteiger partial charge in [0.15, 0.2) is 0 Å². The molecule has 3 heteroatoms. The first kappa shape index (κ1) is 16.8. The van der Waals surface area contributed by atoms with E-state index in [4.69, 9.17) is 5.73 Å². The summed E-state index contributed by atoms with van der Waals surface area (Å²) in [5.74, 6) is -0.192. The van der Waals surface area contributed by atoms with Gasteiger partial charge in [0.25, 0.3) is 0 Å². The number of hydrogen-bond acceptors (Lipinski definition) is 2. The quantitative estimate of drug-likeness (QED) is 0.673. The van der Waals surface area contributed by atoms with Crippen molar-refractivity contribution < 1.29 is 4.79 Å². The third-order valence-corrected chi connectivity index (χ3v) is 4.22. The van der Waals surface area contributed by atoms with E-state index in [0.29, 0.717) is 18.7 Å². The lowest BCUT2D eigenvalue weighted by Gasteiger charge is -2.18. The van der Waals surface area contributed by atoms with Gasteiger partial charge in [-0.2, -0.15) is 0 Å². The summed E-state index contributed by atoms with van der Waals surface area (Å²) in [4.78, 5) is 12.9. The molecule has 3 aromatic carbocycles. The van der Waals surface area contributed by atoms with Gasteiger partial charge >= 0.3 is 0 Å². The maximum Gasteiger partial charge on any atom is 0.228 e. The maximum absolute atomic E-state index is 12.9. The number of rotatable bonds is 6. The zero-order valence-electron chi connectivity index (χ0n) is 14.1. The Morgan fingerprint density at radius 3 is 2.16 bits per heavy atom. The third-order valence-electron chi connectivity index (χ3n) is 4.22. The molecule has 25 heavy (non-hydrogen) atoms. The summed E-state index contributed by atoms with van der Waals surface area (Å²) >= 11 is 0. The third kappa shape index (κ3) is 4.70. The first-order chi connectivity index (χ1) is 12.2. The summed E-state index contributed by atoms with van der Waals surface area (Å²) in [7, 11) is 0. The van der Waals surface area contributed by atoms with Crippen molar-refractivity contribution in [1.29, 1.82) is 0 Å². The highest BCUT2D eigenvalue weighted by Gasteiger charge is 2.20. The summed E-state index contributed by atoms with van der Waals surface area (Å²) in [5, 5.41) is 3.05. The number of amides is 1. The van der Waals surface area contributed by atoms with Crippen LogP contribution in [-0.2, 0) is 17.8 Å². The van der Waals surface area contributed by atoms with Crippen molar-refractivity contribution in [3.63, 3.8) is 0 Å². The van der Waals surface area contributed by atoms with Crippen molar-refractivity contribution >= 4 is 11.6 Å². The van der Waals surface area contributed by atoms with E-state index in [1.807, 2.05) is 72.8 Å². The Kier molecular flexibility index (Phi) is 5.47. The monoisotopic (exact) mass is 330 g/mol. The molecule has 0 aliphatic rings. The van der Waals surface area contributed by atoms with Gasteiger partial charge in [-0.3, -0.25) is 4.79 Å². The average molecular weight is 330 g/mol. The second-order valence-electron chi connectivity index (χ2n) is 6.12. The molecule has 126 valence electrons. The first-order valence-electron chi connectivity index (χ1n) is 8.43. The number of nitrogens with two attached hydrogens (primary N) is 1. The van der Waals surface area contributed by atoms with E-state index in [2.05, 4.69) is 17.4 Å². The summed E-state index contributed by atoms with van der Waals surface area (Å²) in [5.41, 5.74) is 9.68. The molecule has 1 amide bonds. The Morgan fingerprint density at radius 2 is 1.48 bits per heavy atom. The lowest BCUT2D eigenvalue weighted by atomic mass is 9.91. The van der Waals surface area contributed by atoms with Crippen molar-refractivity contribution in [2.24, 2.45) is 0 Å². The minimum atomic E-state index is -0.218. The van der Waals surface area contributed by atoms with E-state index in [0.717, 1.165) is 16.7 Å². The Morgan fingerprint density at radius 1 is 0.840 bits per heavy atom. The second-order valence-corrected chi connectivity index (χ2v) is 6.12. The van der Waals surface area contributed by atoms with Crippen LogP contribution in [0, 0.1) is 0 Å². The van der Waals surface area contributed by atoms with E-state index in [1.54, 1.807) is 0 Å². The summed E-state index contributed by atoms with van der Waals surface area (Å²) in [6.45, 7) is 0.474. The van der Waals surface area contributed by atoms with Gasteiger partial charge in [0.1, 0.15) is 0 Å². The topological polar surface area (TPSA) is 55.1 Å². The smallest absolute Gasteiger partial charge is 0.228 e. The van der Waals surface area contributed by atoms with E-state index in [1.165, 1.54) is 0 Å². The zero-order valence-corrected chi connectivity index (χ0v) is 14.1. The predicted octanol–water partition coefficient (Wildman–Crippen LogP) is 3.91. The molecule has 0 radical (unpaired) electrons. The molecule has 0 spiro atoms. The summed E-state index contributed by atoms with van der Waals surface area (Å²) in [6, 6.07) is 27.6. The van der Waals surface area contributed by atoms with Crippen LogP contribution in [0.4, 0.5) is 5.69 Å². The second kappa shape index (κ2) is 8.15. The van der Waals surface area contributed by atoms with Gasteiger partial charge in [0.05, 0.1) is 5.92 Å². The van der Waals surface area contributed by atoms with Crippen LogP contribution < -0.4 is 11.1 Å². The molecule has 0 saturated carbocycles. The summed E-state index contributed by atoms with van der Waals surface area (Å²) < 4.78 is 0. The van der Waals surface area contributed by atoms with Gasteiger partial charge in [0.2, 0.25) is 5.91 Å². The highest BCUT2D eigenvalue weighted by atomic mass is 16.1. The largest absolute Gasteiger partial charge is 0.399 e. The van der Waals surface area contributed by atoms with Crippen molar-refractivity contribution in [2.45, 2.75) is 18.9 Å². The molecule has 1 unspecified atom stereocenters. The molecule has 0 aromatic heterocycles. The Balaban J connectivity index is 1.75. The van der Waals surface area contributed by atoms with E-state index < -0.39 is 0 Å². The van der Waals surface area contributed by atoms with Gasteiger partial charge in [-0.15, -0.1) is 0 Å². The van der Waals surface area contributed by atoms with Gasteiger partial charge < -0.3 is 11.1 Å². The number of carbonyl (C=O) groups is 1. The van der Waals surface area contributed by atoms with Gasteiger partial charge in [-0.05, 0) is 35.2 Å². The number of anilines is 1. The van der Waals surface area contributed by atoms with E-state index in [9.17, 15) is 4.79 Å². The molecule has 0 aliphatic carbocycles. The molecule has 3 N–H and O–H groups in total.